The number of nitrogens with zero attached hydrogens (tertiary/aromatic N) is 5. The molecule has 5 heterocycles. The van der Waals surface area contributed by atoms with Gasteiger partial charge in [-0.1, -0.05) is 6.07 Å². The number of hydrogen-bond donors (Lipinski definition) is 2. The highest BCUT2D eigenvalue weighted by molar-refractivity contribution is 7.90. The lowest BCUT2D eigenvalue weighted by molar-refractivity contribution is 0.600. The second-order valence-corrected chi connectivity index (χ2v) is 11.2. The average molecular weight is 532 g/mol. The fourth-order valence-corrected chi connectivity index (χ4v) is 4.95. The van der Waals surface area contributed by atoms with E-state index in [0.29, 0.717) is 44.9 Å². The Hall–Kier alpha value is -4.58. The van der Waals surface area contributed by atoms with Gasteiger partial charge in [-0.05, 0) is 42.3 Å². The molecule has 6 aromatic rings. The highest BCUT2D eigenvalue weighted by Gasteiger charge is 2.21. The van der Waals surface area contributed by atoms with Crippen molar-refractivity contribution in [3.63, 3.8) is 0 Å². The third-order valence-electron chi connectivity index (χ3n) is 6.12. The van der Waals surface area contributed by atoms with Crippen LogP contribution in [0.5, 0.6) is 0 Å². The lowest BCUT2D eigenvalue weighted by Crippen LogP contribution is -2.06. The van der Waals surface area contributed by atoms with Crippen LogP contribution in [-0.2, 0) is 16.3 Å². The Balaban J connectivity index is 1.46. The van der Waals surface area contributed by atoms with Gasteiger partial charge in [0.25, 0.3) is 0 Å². The zero-order valence-corrected chi connectivity index (χ0v) is 20.7. The van der Waals surface area contributed by atoms with Gasteiger partial charge in [-0.2, -0.15) is 5.10 Å². The molecule has 0 spiro atoms. The molecule has 0 aliphatic heterocycles. The van der Waals surface area contributed by atoms with E-state index in [1.165, 1.54) is 18.3 Å². The summed E-state index contributed by atoms with van der Waals surface area (Å²) in [5, 5.41) is 7.12. The molecule has 0 fully saturated rings. The van der Waals surface area contributed by atoms with Crippen LogP contribution in [0.1, 0.15) is 5.56 Å². The highest BCUT2D eigenvalue weighted by atomic mass is 32.2. The Morgan fingerprint density at radius 3 is 2.66 bits per heavy atom. The number of aromatic amines is 2. The van der Waals surface area contributed by atoms with Crippen molar-refractivity contribution in [2.45, 2.75) is 6.42 Å². The topological polar surface area (TPSA) is 130 Å². The number of rotatable bonds is 6. The third-order valence-corrected chi connectivity index (χ3v) is 7.07. The molecule has 0 amide bonds. The number of sulfone groups is 1. The van der Waals surface area contributed by atoms with E-state index in [2.05, 4.69) is 35.1 Å². The largest absolute Gasteiger partial charge is 0.337 e. The number of halogens is 2. The van der Waals surface area contributed by atoms with E-state index in [4.69, 9.17) is 0 Å². The van der Waals surface area contributed by atoms with Crippen molar-refractivity contribution in [1.29, 1.82) is 0 Å². The molecular formula is C26H19F2N7O2S. The minimum atomic E-state index is -3.22. The Kier molecular flexibility index (Phi) is 5.68. The van der Waals surface area contributed by atoms with Gasteiger partial charge in [0.2, 0.25) is 0 Å². The maximum atomic E-state index is 15.7. The van der Waals surface area contributed by atoms with Gasteiger partial charge in [-0.3, -0.25) is 15.1 Å². The first-order valence-corrected chi connectivity index (χ1v) is 13.6. The first kappa shape index (κ1) is 23.8. The number of pyridine rings is 3. The second-order valence-electron chi connectivity index (χ2n) is 8.89. The molecule has 0 radical (unpaired) electrons. The van der Waals surface area contributed by atoms with E-state index >= 15 is 4.39 Å². The van der Waals surface area contributed by atoms with Crippen molar-refractivity contribution < 1.29 is 17.2 Å². The summed E-state index contributed by atoms with van der Waals surface area (Å²) in [6.45, 7) is 0. The first-order chi connectivity index (χ1) is 18.3. The highest BCUT2D eigenvalue weighted by Crippen LogP contribution is 2.34. The average Bonchev–Trinajstić information content (AvgIpc) is 3.52. The van der Waals surface area contributed by atoms with Crippen LogP contribution < -0.4 is 0 Å². The Morgan fingerprint density at radius 2 is 1.87 bits per heavy atom. The molecule has 0 saturated carbocycles. The van der Waals surface area contributed by atoms with Crippen LogP contribution in [0.3, 0.4) is 0 Å². The van der Waals surface area contributed by atoms with Gasteiger partial charge in [-0.25, -0.2) is 27.2 Å². The zero-order valence-electron chi connectivity index (χ0n) is 19.9. The number of nitrogens with one attached hydrogen (secondary N) is 2. The number of aryl methyl sites for hydroxylation is 1. The smallest absolute Gasteiger partial charge is 0.184 e. The van der Waals surface area contributed by atoms with Gasteiger partial charge < -0.3 is 4.98 Å². The molecule has 1 aromatic carbocycles. The standard InChI is InChI=1S/C26H19F2N7O2S/c1-38(36,37)8-5-14-9-16(11-17(27)10-14)22-23-19(4-7-30-22)32-26(33-23)24-20-21(28)18(13-31-25(20)35-34-24)15-3-2-6-29-12-15/h2-4,6-7,9-13H,5,8H2,1H3,(H,32,33)(H,31,34,35). The van der Waals surface area contributed by atoms with Crippen LogP contribution in [0.2, 0.25) is 0 Å². The van der Waals surface area contributed by atoms with E-state index in [-0.39, 0.29) is 28.8 Å². The summed E-state index contributed by atoms with van der Waals surface area (Å²) in [7, 11) is -3.22. The Labute approximate surface area is 215 Å². The molecule has 9 nitrogen and oxygen atoms in total. The van der Waals surface area contributed by atoms with E-state index in [0.717, 1.165) is 6.26 Å². The third kappa shape index (κ3) is 4.39. The second kappa shape index (κ2) is 9.06. The summed E-state index contributed by atoms with van der Waals surface area (Å²) in [6, 6.07) is 9.46. The van der Waals surface area contributed by atoms with Gasteiger partial charge >= 0.3 is 0 Å². The van der Waals surface area contributed by atoms with Crippen LogP contribution in [0.25, 0.3) is 56.0 Å². The van der Waals surface area contributed by atoms with Crippen molar-refractivity contribution in [3.8, 4) is 33.9 Å². The SMILES string of the molecule is CS(=O)(=O)CCc1cc(F)cc(-c2nccc3[nH]c(-c4[nH]nc5ncc(-c6cccnc6)c(F)c45)nc23)c1. The first-order valence-electron chi connectivity index (χ1n) is 11.5. The maximum absolute atomic E-state index is 15.7. The van der Waals surface area contributed by atoms with Crippen molar-refractivity contribution in [3.05, 3.63) is 78.4 Å². The predicted octanol–water partition coefficient (Wildman–Crippen LogP) is 4.49. The van der Waals surface area contributed by atoms with Crippen LogP contribution >= 0.6 is 0 Å². The number of H-pyrrole nitrogens is 2. The van der Waals surface area contributed by atoms with Gasteiger partial charge in [0, 0.05) is 47.7 Å². The quantitative estimate of drug-likeness (QED) is 0.324. The summed E-state index contributed by atoms with van der Waals surface area (Å²) in [4.78, 5) is 20.6. The Morgan fingerprint density at radius 1 is 1.00 bits per heavy atom. The van der Waals surface area contributed by atoms with Gasteiger partial charge in [-0.15, -0.1) is 0 Å². The van der Waals surface area contributed by atoms with Gasteiger partial charge in [0.05, 0.1) is 22.3 Å². The van der Waals surface area contributed by atoms with E-state index in [1.54, 1.807) is 42.9 Å². The number of aromatic nitrogens is 7. The molecule has 190 valence electrons. The predicted molar refractivity (Wildman–Crippen MR) is 139 cm³/mol. The number of imidazole rings is 1. The van der Waals surface area contributed by atoms with Crippen molar-refractivity contribution in [2.24, 2.45) is 0 Å². The Bertz CT molecular complexity index is 1940. The minimum absolute atomic E-state index is 0.104. The lowest BCUT2D eigenvalue weighted by atomic mass is 10.0. The van der Waals surface area contributed by atoms with Crippen LogP contribution in [0, 0.1) is 11.6 Å². The van der Waals surface area contributed by atoms with Crippen molar-refractivity contribution >= 4 is 31.9 Å². The normalized spacial score (nSPS) is 12.0. The molecule has 5 aromatic heterocycles. The van der Waals surface area contributed by atoms with Crippen LogP contribution in [0.4, 0.5) is 8.78 Å². The fraction of sp³-hybridized carbons (Fsp3) is 0.115. The van der Waals surface area contributed by atoms with E-state index in [9.17, 15) is 12.8 Å². The molecular weight excluding hydrogens is 512 g/mol. The summed E-state index contributed by atoms with van der Waals surface area (Å²) in [5.74, 6) is -0.843. The maximum Gasteiger partial charge on any atom is 0.184 e. The van der Waals surface area contributed by atoms with Crippen LogP contribution in [0.15, 0.2) is 61.2 Å². The number of hydrogen-bond acceptors (Lipinski definition) is 7. The molecule has 0 saturated heterocycles. The summed E-state index contributed by atoms with van der Waals surface area (Å²) >= 11 is 0. The molecule has 0 aliphatic carbocycles. The van der Waals surface area contributed by atoms with Crippen LogP contribution in [-0.4, -0.2) is 55.5 Å². The molecule has 0 bridgehead atoms. The van der Waals surface area contributed by atoms with Crippen molar-refractivity contribution in [2.75, 3.05) is 12.0 Å². The van der Waals surface area contributed by atoms with Gasteiger partial charge in [0.15, 0.2) is 11.5 Å². The summed E-state index contributed by atoms with van der Waals surface area (Å²) < 4.78 is 53.4. The minimum Gasteiger partial charge on any atom is -0.337 e. The number of fused-ring (bicyclic) bond motifs is 2. The van der Waals surface area contributed by atoms with E-state index in [1.807, 2.05) is 0 Å². The molecule has 0 unspecified atom stereocenters. The number of benzene rings is 1. The van der Waals surface area contributed by atoms with E-state index < -0.39 is 21.5 Å². The molecule has 6 rings (SSSR count). The zero-order chi connectivity index (χ0) is 26.4. The summed E-state index contributed by atoms with van der Waals surface area (Å²) in [6.07, 6.45) is 7.41. The van der Waals surface area contributed by atoms with Gasteiger partial charge in [0.1, 0.15) is 32.7 Å². The molecule has 0 atom stereocenters. The molecule has 0 aliphatic rings. The monoisotopic (exact) mass is 531 g/mol. The summed E-state index contributed by atoms with van der Waals surface area (Å²) in [5.41, 5.74) is 3.70. The molecule has 38 heavy (non-hydrogen) atoms. The molecule has 12 heteroatoms. The molecule has 2 N–H and O–H groups in total. The fourth-order valence-electron chi connectivity index (χ4n) is 4.35. The van der Waals surface area contributed by atoms with Crippen molar-refractivity contribution in [1.82, 2.24) is 35.1 Å². The lowest BCUT2D eigenvalue weighted by Gasteiger charge is -2.06.